The summed E-state index contributed by atoms with van der Waals surface area (Å²) in [7, 11) is -4.30. The van der Waals surface area contributed by atoms with E-state index in [1.807, 2.05) is 0 Å². The highest BCUT2D eigenvalue weighted by atomic mass is 32.2. The maximum Gasteiger partial charge on any atom is 0.266 e. The number of aliphatic hydroxyl groups is 1. The van der Waals surface area contributed by atoms with E-state index in [0.717, 1.165) is 38.5 Å². The topological polar surface area (TPSA) is 104 Å². The number of unbranched alkanes of at least 4 members (excludes halogenated alkanes) is 27. The average molecular weight is 686 g/mol. The third-order valence-corrected chi connectivity index (χ3v) is 10.3. The van der Waals surface area contributed by atoms with E-state index in [4.69, 9.17) is 0 Å². The third-order valence-electron chi connectivity index (χ3n) is 9.47. The van der Waals surface area contributed by atoms with Crippen molar-refractivity contribution in [2.45, 2.75) is 231 Å². The van der Waals surface area contributed by atoms with Crippen LogP contribution in [0.5, 0.6) is 0 Å². The standard InChI is InChI=1S/C40H79NO5S/c1-3-5-7-9-11-13-15-16-17-18-19-20-21-22-23-24-26-28-30-32-34-36-40(43)41-38(37-47(44,45)46)39(42)35-33-31-29-27-25-14-12-10-8-6-4-2/h18-19,38-39,42H,3-17,20-37H2,1-2H3,(H,41,43)(H,44,45,46)/b19-18-. The molecule has 2 unspecified atom stereocenters. The fraction of sp³-hybridized carbons (Fsp3) is 0.925. The van der Waals surface area contributed by atoms with Crippen molar-refractivity contribution in [3.8, 4) is 0 Å². The van der Waals surface area contributed by atoms with Gasteiger partial charge in [-0.3, -0.25) is 9.35 Å². The zero-order chi connectivity index (χ0) is 34.7. The number of aliphatic hydroxyl groups excluding tert-OH is 1. The van der Waals surface area contributed by atoms with Crippen LogP contribution in [0.15, 0.2) is 12.2 Å². The molecule has 0 spiro atoms. The molecule has 0 rings (SSSR count). The lowest BCUT2D eigenvalue weighted by Crippen LogP contribution is -2.47. The number of rotatable bonds is 37. The molecule has 0 saturated carbocycles. The van der Waals surface area contributed by atoms with Gasteiger partial charge in [0, 0.05) is 6.42 Å². The van der Waals surface area contributed by atoms with Crippen LogP contribution >= 0.6 is 0 Å². The minimum atomic E-state index is -4.30. The largest absolute Gasteiger partial charge is 0.391 e. The van der Waals surface area contributed by atoms with E-state index in [0.29, 0.717) is 12.8 Å². The fourth-order valence-corrected chi connectivity index (χ4v) is 7.15. The van der Waals surface area contributed by atoms with Gasteiger partial charge in [0.05, 0.1) is 17.9 Å². The molecule has 0 saturated heterocycles. The monoisotopic (exact) mass is 686 g/mol. The average Bonchev–Trinajstić information content (AvgIpc) is 3.03. The first-order valence-corrected chi connectivity index (χ1v) is 22.0. The van der Waals surface area contributed by atoms with Crippen molar-refractivity contribution in [3.63, 3.8) is 0 Å². The van der Waals surface area contributed by atoms with E-state index in [1.54, 1.807) is 0 Å². The molecular formula is C40H79NO5S. The van der Waals surface area contributed by atoms with E-state index in [-0.39, 0.29) is 5.91 Å². The minimum Gasteiger partial charge on any atom is -0.391 e. The van der Waals surface area contributed by atoms with E-state index in [1.165, 1.54) is 154 Å². The van der Waals surface area contributed by atoms with Crippen LogP contribution in [0.2, 0.25) is 0 Å². The lowest BCUT2D eigenvalue weighted by atomic mass is 10.0. The van der Waals surface area contributed by atoms with Gasteiger partial charge in [0.2, 0.25) is 5.91 Å². The van der Waals surface area contributed by atoms with E-state index >= 15 is 0 Å². The summed E-state index contributed by atoms with van der Waals surface area (Å²) in [6.45, 7) is 4.51. The van der Waals surface area contributed by atoms with Crippen LogP contribution in [-0.4, -0.2) is 41.9 Å². The number of carbonyl (C=O) groups excluding carboxylic acids is 1. The van der Waals surface area contributed by atoms with Gasteiger partial charge >= 0.3 is 0 Å². The molecule has 0 heterocycles. The van der Waals surface area contributed by atoms with Crippen LogP contribution < -0.4 is 5.32 Å². The summed E-state index contributed by atoms with van der Waals surface area (Å²) in [5.41, 5.74) is 0. The summed E-state index contributed by atoms with van der Waals surface area (Å²) in [4.78, 5) is 12.5. The molecule has 3 N–H and O–H groups in total. The summed E-state index contributed by atoms with van der Waals surface area (Å²) >= 11 is 0. The Hall–Kier alpha value is -0.920. The number of hydrogen-bond acceptors (Lipinski definition) is 4. The van der Waals surface area contributed by atoms with Gasteiger partial charge < -0.3 is 10.4 Å². The molecule has 7 heteroatoms. The highest BCUT2D eigenvalue weighted by molar-refractivity contribution is 7.85. The second-order valence-corrected chi connectivity index (χ2v) is 15.8. The van der Waals surface area contributed by atoms with Crippen molar-refractivity contribution in [3.05, 3.63) is 12.2 Å². The molecule has 0 bridgehead atoms. The Morgan fingerprint density at radius 2 is 0.894 bits per heavy atom. The molecule has 0 fully saturated rings. The van der Waals surface area contributed by atoms with Gasteiger partial charge in [0.25, 0.3) is 10.1 Å². The van der Waals surface area contributed by atoms with Gasteiger partial charge in [0.15, 0.2) is 0 Å². The number of hydrogen-bond donors (Lipinski definition) is 3. The molecule has 47 heavy (non-hydrogen) atoms. The zero-order valence-electron chi connectivity index (χ0n) is 31.2. The van der Waals surface area contributed by atoms with Gasteiger partial charge in [0.1, 0.15) is 0 Å². The summed E-state index contributed by atoms with van der Waals surface area (Å²) < 4.78 is 32.4. The van der Waals surface area contributed by atoms with Crippen molar-refractivity contribution < 1.29 is 22.9 Å². The van der Waals surface area contributed by atoms with Crippen LogP contribution in [0, 0.1) is 0 Å². The Morgan fingerprint density at radius 3 is 1.28 bits per heavy atom. The van der Waals surface area contributed by atoms with Gasteiger partial charge in [-0.15, -0.1) is 0 Å². The van der Waals surface area contributed by atoms with Crippen LogP contribution in [0.1, 0.15) is 219 Å². The number of amides is 1. The molecule has 0 aromatic rings. The molecule has 0 aliphatic heterocycles. The van der Waals surface area contributed by atoms with Crippen LogP contribution in [-0.2, 0) is 14.9 Å². The second kappa shape index (κ2) is 34.9. The minimum absolute atomic E-state index is 0.247. The maximum absolute atomic E-state index is 12.5. The molecule has 0 aromatic carbocycles. The zero-order valence-corrected chi connectivity index (χ0v) is 32.0. The van der Waals surface area contributed by atoms with Crippen LogP contribution in [0.25, 0.3) is 0 Å². The van der Waals surface area contributed by atoms with Crippen molar-refractivity contribution >= 4 is 16.0 Å². The lowest BCUT2D eigenvalue weighted by molar-refractivity contribution is -0.122. The van der Waals surface area contributed by atoms with E-state index < -0.39 is 28.0 Å². The Kier molecular flexibility index (Phi) is 34.2. The predicted molar refractivity (Wildman–Crippen MR) is 203 cm³/mol. The Morgan fingerprint density at radius 1 is 0.553 bits per heavy atom. The fourth-order valence-electron chi connectivity index (χ4n) is 6.39. The van der Waals surface area contributed by atoms with E-state index in [9.17, 15) is 22.9 Å². The van der Waals surface area contributed by atoms with Crippen LogP contribution in [0.3, 0.4) is 0 Å². The molecule has 0 aromatic heterocycles. The summed E-state index contributed by atoms with van der Waals surface area (Å²) in [5, 5.41) is 13.3. The van der Waals surface area contributed by atoms with Gasteiger partial charge in [-0.1, -0.05) is 187 Å². The Balaban J connectivity index is 3.79. The highest BCUT2D eigenvalue weighted by Gasteiger charge is 2.26. The first kappa shape index (κ1) is 46.1. The molecule has 2 atom stereocenters. The molecular weight excluding hydrogens is 607 g/mol. The van der Waals surface area contributed by atoms with Crippen molar-refractivity contribution in [2.75, 3.05) is 5.75 Å². The molecule has 0 aliphatic rings. The second-order valence-electron chi connectivity index (χ2n) is 14.3. The molecule has 280 valence electrons. The van der Waals surface area contributed by atoms with Crippen molar-refractivity contribution in [1.29, 1.82) is 0 Å². The highest BCUT2D eigenvalue weighted by Crippen LogP contribution is 2.16. The Labute approximate surface area is 292 Å². The number of nitrogens with one attached hydrogen (secondary N) is 1. The van der Waals surface area contributed by atoms with Crippen molar-refractivity contribution in [1.82, 2.24) is 5.32 Å². The van der Waals surface area contributed by atoms with Crippen LogP contribution in [0.4, 0.5) is 0 Å². The third kappa shape index (κ3) is 36.2. The quantitative estimate of drug-likeness (QED) is 0.0343. The lowest BCUT2D eigenvalue weighted by Gasteiger charge is -2.23. The van der Waals surface area contributed by atoms with E-state index in [2.05, 4.69) is 31.3 Å². The van der Waals surface area contributed by atoms with Crippen molar-refractivity contribution in [2.24, 2.45) is 0 Å². The molecule has 0 radical (unpaired) electrons. The SMILES string of the molecule is CCCCCCCCCC/C=C\CCCCCCCCCCCC(=O)NC(CS(=O)(=O)O)C(O)CCCCCCCCCCCCC. The summed E-state index contributed by atoms with van der Waals surface area (Å²) in [6.07, 6.45) is 41.7. The first-order valence-electron chi connectivity index (χ1n) is 20.4. The number of carbonyl (C=O) groups is 1. The first-order chi connectivity index (χ1) is 22.8. The molecule has 6 nitrogen and oxygen atoms in total. The smallest absolute Gasteiger partial charge is 0.266 e. The van der Waals surface area contributed by atoms with Gasteiger partial charge in [-0.05, 0) is 38.5 Å². The maximum atomic E-state index is 12.5. The van der Waals surface area contributed by atoms with Gasteiger partial charge in [-0.25, -0.2) is 0 Å². The summed E-state index contributed by atoms with van der Waals surface area (Å²) in [6, 6.07) is -0.967. The van der Waals surface area contributed by atoms with Gasteiger partial charge in [-0.2, -0.15) is 8.42 Å². The predicted octanol–water partition coefficient (Wildman–Crippen LogP) is 11.8. The molecule has 0 aliphatic carbocycles. The normalized spacial score (nSPS) is 13.4. The molecule has 1 amide bonds. The number of allylic oxidation sites excluding steroid dienone is 2. The Bertz CT molecular complexity index is 800. The summed E-state index contributed by atoms with van der Waals surface area (Å²) in [5.74, 6) is -0.892.